The zero-order chi connectivity index (χ0) is 13.7. The highest BCUT2D eigenvalue weighted by Crippen LogP contribution is 2.09. The average molecular weight is 254 g/mol. The highest BCUT2D eigenvalue weighted by Gasteiger charge is 2.08. The van der Waals surface area contributed by atoms with E-state index >= 15 is 0 Å². The lowest BCUT2D eigenvalue weighted by Crippen LogP contribution is -2.14. The molecule has 0 aliphatic rings. The van der Waals surface area contributed by atoms with Crippen molar-refractivity contribution in [3.05, 3.63) is 47.7 Å². The average Bonchev–Trinajstić information content (AvgIpc) is 2.82. The van der Waals surface area contributed by atoms with Crippen LogP contribution in [-0.2, 0) is 7.05 Å². The van der Waals surface area contributed by atoms with E-state index in [-0.39, 0.29) is 5.91 Å². The van der Waals surface area contributed by atoms with Crippen molar-refractivity contribution in [1.82, 2.24) is 9.78 Å². The van der Waals surface area contributed by atoms with Gasteiger partial charge in [0.15, 0.2) is 0 Å². The minimum atomic E-state index is -0.194. The number of nitrogens with zero attached hydrogens (tertiary/aromatic N) is 2. The van der Waals surface area contributed by atoms with Crippen LogP contribution < -0.4 is 11.1 Å². The molecule has 0 bridgehead atoms. The van der Waals surface area contributed by atoms with Crippen LogP contribution in [0.25, 0.3) is 0 Å². The molecule has 3 N–H and O–H groups in total. The second kappa shape index (κ2) is 5.85. The Hall–Kier alpha value is -2.58. The molecule has 0 fully saturated rings. The standard InChI is InChI=1S/C14H14N4O/c1-18-13(7-9-16-18)17-14(19)12-6-2-4-11(10-12)5-3-8-15/h2,4,6-7,9-10H,8,15H2,1H3,(H,17,19). The number of hydrogen-bond donors (Lipinski definition) is 2. The van der Waals surface area contributed by atoms with Crippen LogP contribution in [0.5, 0.6) is 0 Å². The third kappa shape index (κ3) is 3.21. The molecule has 0 radical (unpaired) electrons. The summed E-state index contributed by atoms with van der Waals surface area (Å²) >= 11 is 0. The number of benzene rings is 1. The molecule has 0 aliphatic carbocycles. The minimum absolute atomic E-state index is 0.194. The molecule has 0 atom stereocenters. The molecule has 1 amide bonds. The third-order valence-electron chi connectivity index (χ3n) is 2.52. The fourth-order valence-corrected chi connectivity index (χ4v) is 1.58. The Labute approximate surface area is 111 Å². The summed E-state index contributed by atoms with van der Waals surface area (Å²) in [4.78, 5) is 12.1. The van der Waals surface area contributed by atoms with E-state index in [1.54, 1.807) is 42.2 Å². The number of nitrogens with two attached hydrogens (primary N) is 1. The van der Waals surface area contributed by atoms with Gasteiger partial charge in [-0.3, -0.25) is 9.48 Å². The van der Waals surface area contributed by atoms with Crippen LogP contribution >= 0.6 is 0 Å². The topological polar surface area (TPSA) is 72.9 Å². The van der Waals surface area contributed by atoms with Crippen molar-refractivity contribution >= 4 is 11.7 Å². The first kappa shape index (κ1) is 12.9. The quantitative estimate of drug-likeness (QED) is 0.785. The Kier molecular flexibility index (Phi) is 3.96. The molecular formula is C14H14N4O. The number of nitrogens with one attached hydrogen (secondary N) is 1. The molecule has 0 unspecified atom stereocenters. The Balaban J connectivity index is 2.17. The van der Waals surface area contributed by atoms with Crippen molar-refractivity contribution in [2.75, 3.05) is 11.9 Å². The molecular weight excluding hydrogens is 240 g/mol. The monoisotopic (exact) mass is 254 g/mol. The summed E-state index contributed by atoms with van der Waals surface area (Å²) in [5.41, 5.74) is 6.63. The number of rotatable bonds is 2. The fourth-order valence-electron chi connectivity index (χ4n) is 1.58. The van der Waals surface area contributed by atoms with Crippen molar-refractivity contribution in [2.45, 2.75) is 0 Å². The second-order valence-corrected chi connectivity index (χ2v) is 3.88. The number of anilines is 1. The number of aryl methyl sites for hydroxylation is 1. The fraction of sp³-hybridized carbons (Fsp3) is 0.143. The van der Waals surface area contributed by atoms with Crippen LogP contribution in [0.1, 0.15) is 15.9 Å². The summed E-state index contributed by atoms with van der Waals surface area (Å²) in [6.07, 6.45) is 1.62. The molecule has 0 spiro atoms. The van der Waals surface area contributed by atoms with Gasteiger partial charge in [-0.25, -0.2) is 0 Å². The summed E-state index contributed by atoms with van der Waals surface area (Å²) in [7, 11) is 1.76. The van der Waals surface area contributed by atoms with Gasteiger partial charge in [-0.05, 0) is 18.2 Å². The van der Waals surface area contributed by atoms with Gasteiger partial charge in [0.05, 0.1) is 12.7 Å². The third-order valence-corrected chi connectivity index (χ3v) is 2.52. The highest BCUT2D eigenvalue weighted by atomic mass is 16.1. The maximum absolute atomic E-state index is 12.1. The maximum atomic E-state index is 12.1. The van der Waals surface area contributed by atoms with Crippen molar-refractivity contribution in [1.29, 1.82) is 0 Å². The zero-order valence-corrected chi connectivity index (χ0v) is 10.6. The second-order valence-electron chi connectivity index (χ2n) is 3.88. The van der Waals surface area contributed by atoms with Gasteiger partial charge in [-0.15, -0.1) is 0 Å². The van der Waals surface area contributed by atoms with Gasteiger partial charge in [0.2, 0.25) is 0 Å². The van der Waals surface area contributed by atoms with E-state index in [2.05, 4.69) is 22.3 Å². The van der Waals surface area contributed by atoms with Crippen LogP contribution in [0, 0.1) is 11.8 Å². The van der Waals surface area contributed by atoms with Crippen molar-refractivity contribution in [2.24, 2.45) is 12.8 Å². The Morgan fingerprint density at radius 3 is 3.00 bits per heavy atom. The molecule has 0 aliphatic heterocycles. The number of amides is 1. The molecule has 0 saturated carbocycles. The predicted molar refractivity (Wildman–Crippen MR) is 73.5 cm³/mol. The molecule has 2 rings (SSSR count). The molecule has 0 saturated heterocycles. The summed E-state index contributed by atoms with van der Waals surface area (Å²) in [6, 6.07) is 8.83. The molecule has 2 aromatic rings. The normalized spacial score (nSPS) is 9.58. The first-order valence-corrected chi connectivity index (χ1v) is 5.79. The van der Waals surface area contributed by atoms with E-state index in [1.807, 2.05) is 6.07 Å². The zero-order valence-electron chi connectivity index (χ0n) is 10.6. The van der Waals surface area contributed by atoms with Crippen LogP contribution in [-0.4, -0.2) is 22.2 Å². The van der Waals surface area contributed by atoms with E-state index in [9.17, 15) is 4.79 Å². The van der Waals surface area contributed by atoms with Crippen LogP contribution in [0.3, 0.4) is 0 Å². The first-order valence-electron chi connectivity index (χ1n) is 5.79. The van der Waals surface area contributed by atoms with Gasteiger partial charge in [0.25, 0.3) is 5.91 Å². The maximum Gasteiger partial charge on any atom is 0.256 e. The summed E-state index contributed by atoms with van der Waals surface area (Å²) in [6.45, 7) is 0.297. The number of carbonyl (C=O) groups is 1. The largest absolute Gasteiger partial charge is 0.320 e. The molecule has 19 heavy (non-hydrogen) atoms. The number of aromatic nitrogens is 2. The minimum Gasteiger partial charge on any atom is -0.320 e. The van der Waals surface area contributed by atoms with Gasteiger partial charge in [-0.1, -0.05) is 17.9 Å². The lowest BCUT2D eigenvalue weighted by Gasteiger charge is -2.05. The Morgan fingerprint density at radius 1 is 1.47 bits per heavy atom. The van der Waals surface area contributed by atoms with Crippen LogP contribution in [0.2, 0.25) is 0 Å². The van der Waals surface area contributed by atoms with Crippen molar-refractivity contribution < 1.29 is 4.79 Å². The number of carbonyl (C=O) groups excluding carboxylic acids is 1. The van der Waals surface area contributed by atoms with E-state index in [1.165, 1.54) is 0 Å². The Morgan fingerprint density at radius 2 is 2.32 bits per heavy atom. The van der Waals surface area contributed by atoms with Gasteiger partial charge in [0.1, 0.15) is 5.82 Å². The summed E-state index contributed by atoms with van der Waals surface area (Å²) in [5.74, 6) is 6.10. The van der Waals surface area contributed by atoms with Gasteiger partial charge in [-0.2, -0.15) is 5.10 Å². The van der Waals surface area contributed by atoms with E-state index < -0.39 is 0 Å². The molecule has 5 nitrogen and oxygen atoms in total. The van der Waals surface area contributed by atoms with Crippen LogP contribution in [0.15, 0.2) is 36.5 Å². The lowest BCUT2D eigenvalue weighted by atomic mass is 10.1. The van der Waals surface area contributed by atoms with E-state index in [0.29, 0.717) is 17.9 Å². The van der Waals surface area contributed by atoms with E-state index in [0.717, 1.165) is 5.56 Å². The SMILES string of the molecule is Cn1nccc1NC(=O)c1cccc(C#CCN)c1. The molecule has 5 heteroatoms. The smallest absolute Gasteiger partial charge is 0.256 e. The van der Waals surface area contributed by atoms with Crippen molar-refractivity contribution in [3.8, 4) is 11.8 Å². The van der Waals surface area contributed by atoms with Crippen LogP contribution in [0.4, 0.5) is 5.82 Å². The first-order chi connectivity index (χ1) is 9.20. The predicted octanol–water partition coefficient (Wildman–Crippen LogP) is 0.983. The lowest BCUT2D eigenvalue weighted by molar-refractivity contribution is 0.102. The molecule has 1 aromatic carbocycles. The van der Waals surface area contributed by atoms with Crippen molar-refractivity contribution in [3.63, 3.8) is 0 Å². The molecule has 1 heterocycles. The van der Waals surface area contributed by atoms with E-state index in [4.69, 9.17) is 5.73 Å². The van der Waals surface area contributed by atoms with Gasteiger partial charge in [0, 0.05) is 24.2 Å². The summed E-state index contributed by atoms with van der Waals surface area (Å²) in [5, 5.41) is 6.77. The summed E-state index contributed by atoms with van der Waals surface area (Å²) < 4.78 is 1.59. The molecule has 96 valence electrons. The molecule has 1 aromatic heterocycles. The van der Waals surface area contributed by atoms with Gasteiger partial charge >= 0.3 is 0 Å². The highest BCUT2D eigenvalue weighted by molar-refractivity contribution is 6.04. The Bertz CT molecular complexity index is 649. The number of hydrogen-bond acceptors (Lipinski definition) is 3. The van der Waals surface area contributed by atoms with Gasteiger partial charge < -0.3 is 11.1 Å².